The van der Waals surface area contributed by atoms with E-state index in [9.17, 15) is 0 Å². The normalized spacial score (nSPS) is 8.57. The van der Waals surface area contributed by atoms with Crippen molar-refractivity contribution in [1.82, 2.24) is 0 Å². The predicted octanol–water partition coefficient (Wildman–Crippen LogP) is 2.07. The molecule has 1 nitrogen and oxygen atoms in total. The Bertz CT molecular complexity index is 25.4. The Kier molecular flexibility index (Phi) is 8.56. The van der Waals surface area contributed by atoms with E-state index < -0.39 is 0 Å². The van der Waals surface area contributed by atoms with Crippen molar-refractivity contribution < 1.29 is 4.74 Å². The Morgan fingerprint density at radius 3 is 1.86 bits per heavy atom. The fourth-order valence-corrected chi connectivity index (χ4v) is 0.333. The highest BCUT2D eigenvalue weighted by atomic mass is 16.5. The van der Waals surface area contributed by atoms with Gasteiger partial charge in [0.1, 0.15) is 0 Å². The summed E-state index contributed by atoms with van der Waals surface area (Å²) in [5.41, 5.74) is 0. The zero-order valence-electron chi connectivity index (χ0n) is 4.69. The van der Waals surface area contributed by atoms with E-state index in [4.69, 9.17) is 4.74 Å². The van der Waals surface area contributed by atoms with Crippen molar-refractivity contribution in [2.75, 3.05) is 6.61 Å². The van der Waals surface area contributed by atoms with Crippen LogP contribution >= 0.6 is 0 Å². The molecule has 0 unspecified atom stereocenters. The van der Waals surface area contributed by atoms with E-state index in [1.54, 1.807) is 0 Å². The van der Waals surface area contributed by atoms with Gasteiger partial charge in [-0.25, -0.2) is 0 Å². The quantitative estimate of drug-likeness (QED) is 0.521. The van der Waals surface area contributed by atoms with Gasteiger partial charge in [0.15, 0.2) is 0 Å². The number of hydrogen-bond donors (Lipinski definition) is 0. The molecule has 0 rings (SSSR count). The summed E-state index contributed by atoms with van der Waals surface area (Å²) in [6, 6.07) is 0. The highest BCUT2D eigenvalue weighted by Crippen LogP contribution is 1.83. The standard InChI is InChI=1S/C5H12O.CH4/c1-4-6-5(2)3;/h5H,4H2,1-3H3;1H4. The molecule has 0 bridgehead atoms. The van der Waals surface area contributed by atoms with Crippen LogP contribution in [0.1, 0.15) is 28.2 Å². The van der Waals surface area contributed by atoms with Gasteiger partial charge >= 0.3 is 0 Å². The largest absolute Gasteiger partial charge is 0.379 e. The van der Waals surface area contributed by atoms with Crippen molar-refractivity contribution in [2.45, 2.75) is 34.3 Å². The summed E-state index contributed by atoms with van der Waals surface area (Å²) < 4.78 is 5.04. The highest BCUT2D eigenvalue weighted by molar-refractivity contribution is 4.30. The van der Waals surface area contributed by atoms with Crippen LogP contribution in [-0.2, 0) is 4.74 Å². The summed E-state index contributed by atoms with van der Waals surface area (Å²) in [7, 11) is 0. The van der Waals surface area contributed by atoms with E-state index in [0.717, 1.165) is 6.61 Å². The van der Waals surface area contributed by atoms with Gasteiger partial charge in [0.2, 0.25) is 0 Å². The lowest BCUT2D eigenvalue weighted by Crippen LogP contribution is -1.99. The second-order valence-corrected chi connectivity index (χ2v) is 1.50. The second-order valence-electron chi connectivity index (χ2n) is 1.50. The smallest absolute Gasteiger partial charge is 0.0518 e. The molecule has 0 aromatic carbocycles. The minimum atomic E-state index is 0. The molecule has 0 amide bonds. The molecule has 0 N–H and O–H groups in total. The van der Waals surface area contributed by atoms with Crippen molar-refractivity contribution in [2.24, 2.45) is 0 Å². The molecule has 7 heavy (non-hydrogen) atoms. The summed E-state index contributed by atoms with van der Waals surface area (Å²) in [5.74, 6) is 0. The molecule has 0 heterocycles. The van der Waals surface area contributed by atoms with Crippen molar-refractivity contribution >= 4 is 0 Å². The van der Waals surface area contributed by atoms with Crippen LogP contribution in [0.4, 0.5) is 0 Å². The van der Waals surface area contributed by atoms with Crippen LogP contribution in [0, 0.1) is 0 Å². The van der Waals surface area contributed by atoms with Crippen LogP contribution in [0.3, 0.4) is 0 Å². The number of ether oxygens (including phenoxy) is 1. The predicted molar refractivity (Wildman–Crippen MR) is 33.5 cm³/mol. The number of rotatable bonds is 2. The Morgan fingerprint density at radius 2 is 1.86 bits per heavy atom. The maximum atomic E-state index is 5.04. The molecule has 0 radical (unpaired) electrons. The topological polar surface area (TPSA) is 9.23 Å². The number of hydrogen-bond acceptors (Lipinski definition) is 1. The molecule has 0 fully saturated rings. The molecule has 0 spiro atoms. The van der Waals surface area contributed by atoms with E-state index in [2.05, 4.69) is 0 Å². The zero-order valence-corrected chi connectivity index (χ0v) is 4.69. The average molecular weight is 104 g/mol. The molecular formula is C6H16O. The summed E-state index contributed by atoms with van der Waals surface area (Å²) >= 11 is 0. The molecule has 46 valence electrons. The molecule has 0 saturated heterocycles. The van der Waals surface area contributed by atoms with Gasteiger partial charge in [0, 0.05) is 6.61 Å². The van der Waals surface area contributed by atoms with Crippen molar-refractivity contribution in [3.8, 4) is 0 Å². The lowest BCUT2D eigenvalue weighted by atomic mass is 10.5. The van der Waals surface area contributed by atoms with Crippen LogP contribution in [-0.4, -0.2) is 12.7 Å². The van der Waals surface area contributed by atoms with Crippen LogP contribution < -0.4 is 0 Å². The molecule has 1 heteroatoms. The average Bonchev–Trinajstić information content (AvgIpc) is 1.35. The third kappa shape index (κ3) is 10.7. The third-order valence-corrected chi connectivity index (χ3v) is 0.500. The van der Waals surface area contributed by atoms with Crippen LogP contribution in [0.5, 0.6) is 0 Å². The fraction of sp³-hybridized carbons (Fsp3) is 1.00. The van der Waals surface area contributed by atoms with Crippen molar-refractivity contribution in [3.05, 3.63) is 0 Å². The van der Waals surface area contributed by atoms with E-state index >= 15 is 0 Å². The van der Waals surface area contributed by atoms with Gasteiger partial charge < -0.3 is 4.74 Å². The van der Waals surface area contributed by atoms with Gasteiger partial charge in [0.05, 0.1) is 6.10 Å². The highest BCUT2D eigenvalue weighted by Gasteiger charge is 1.83. The molecule has 0 atom stereocenters. The van der Waals surface area contributed by atoms with Crippen LogP contribution in [0.2, 0.25) is 0 Å². The Balaban J connectivity index is 0. The molecule has 0 aliphatic heterocycles. The first kappa shape index (κ1) is 10.0. The maximum Gasteiger partial charge on any atom is 0.0518 e. The molecule has 0 aliphatic rings. The van der Waals surface area contributed by atoms with E-state index in [-0.39, 0.29) is 7.43 Å². The third-order valence-electron chi connectivity index (χ3n) is 0.500. The minimum absolute atomic E-state index is 0. The van der Waals surface area contributed by atoms with Gasteiger partial charge in [0.25, 0.3) is 0 Å². The fourth-order valence-electron chi connectivity index (χ4n) is 0.333. The first-order valence-corrected chi connectivity index (χ1v) is 2.39. The van der Waals surface area contributed by atoms with Crippen LogP contribution in [0.15, 0.2) is 0 Å². The van der Waals surface area contributed by atoms with Crippen LogP contribution in [0.25, 0.3) is 0 Å². The summed E-state index contributed by atoms with van der Waals surface area (Å²) in [4.78, 5) is 0. The Hall–Kier alpha value is -0.0400. The van der Waals surface area contributed by atoms with Gasteiger partial charge in [-0.1, -0.05) is 7.43 Å². The summed E-state index contributed by atoms with van der Waals surface area (Å²) in [5, 5.41) is 0. The SMILES string of the molecule is C.CCOC(C)C. The molecule has 0 saturated carbocycles. The lowest BCUT2D eigenvalue weighted by Gasteiger charge is -2.00. The molecular weight excluding hydrogens is 88.1 g/mol. The Labute approximate surface area is 46.7 Å². The first-order valence-electron chi connectivity index (χ1n) is 2.39. The first-order chi connectivity index (χ1) is 2.77. The zero-order chi connectivity index (χ0) is 4.99. The van der Waals surface area contributed by atoms with Crippen molar-refractivity contribution in [1.29, 1.82) is 0 Å². The van der Waals surface area contributed by atoms with E-state index in [1.165, 1.54) is 0 Å². The summed E-state index contributed by atoms with van der Waals surface area (Å²) in [6.45, 7) is 6.89. The van der Waals surface area contributed by atoms with E-state index in [1.807, 2.05) is 20.8 Å². The summed E-state index contributed by atoms with van der Waals surface area (Å²) in [6.07, 6.45) is 0.398. The second kappa shape index (κ2) is 5.96. The monoisotopic (exact) mass is 104 g/mol. The molecule has 0 aromatic rings. The van der Waals surface area contributed by atoms with Crippen molar-refractivity contribution in [3.63, 3.8) is 0 Å². The Morgan fingerprint density at radius 1 is 1.43 bits per heavy atom. The molecule has 0 aromatic heterocycles. The van der Waals surface area contributed by atoms with Gasteiger partial charge in [-0.2, -0.15) is 0 Å². The van der Waals surface area contributed by atoms with Gasteiger partial charge in [-0.15, -0.1) is 0 Å². The minimum Gasteiger partial charge on any atom is -0.379 e. The maximum absolute atomic E-state index is 5.04. The van der Waals surface area contributed by atoms with Gasteiger partial charge in [-0.3, -0.25) is 0 Å². The van der Waals surface area contributed by atoms with Gasteiger partial charge in [-0.05, 0) is 20.8 Å². The molecule has 0 aliphatic carbocycles. The lowest BCUT2D eigenvalue weighted by molar-refractivity contribution is 0.0899. The van der Waals surface area contributed by atoms with E-state index in [0.29, 0.717) is 6.10 Å².